The third-order valence-electron chi connectivity index (χ3n) is 3.59. The lowest BCUT2D eigenvalue weighted by Gasteiger charge is -2.27. The number of nitrogens with zero attached hydrogens (tertiary/aromatic N) is 2. The van der Waals surface area contributed by atoms with Gasteiger partial charge in [0.2, 0.25) is 11.8 Å². The Morgan fingerprint density at radius 3 is 2.90 bits per heavy atom. The maximum absolute atomic E-state index is 11.5. The van der Waals surface area contributed by atoms with E-state index in [1.54, 1.807) is 12.3 Å². The molecule has 1 aromatic rings. The molecule has 2 rings (SSSR count). The summed E-state index contributed by atoms with van der Waals surface area (Å²) >= 11 is 0. The molecule has 1 aromatic heterocycles. The Bertz CT molecular complexity index is 447. The zero-order valence-electron chi connectivity index (χ0n) is 11.7. The smallest absolute Gasteiger partial charge is 0.326 e. The van der Waals surface area contributed by atoms with E-state index >= 15 is 0 Å². The van der Waals surface area contributed by atoms with Crippen molar-refractivity contribution in [3.05, 3.63) is 12.3 Å². The molecule has 0 aliphatic heterocycles. The molecule has 6 nitrogen and oxygen atoms in total. The molecule has 1 atom stereocenters. The second kappa shape index (κ2) is 7.07. The van der Waals surface area contributed by atoms with Crippen LogP contribution in [0.4, 0.5) is 5.95 Å². The Morgan fingerprint density at radius 2 is 2.25 bits per heavy atom. The average Bonchev–Trinajstić information content (AvgIpc) is 2.46. The maximum Gasteiger partial charge on any atom is 0.326 e. The molecule has 0 radical (unpaired) electrons. The van der Waals surface area contributed by atoms with Gasteiger partial charge in [-0.05, 0) is 25.7 Å². The van der Waals surface area contributed by atoms with Crippen molar-refractivity contribution in [2.24, 2.45) is 5.92 Å². The van der Waals surface area contributed by atoms with Gasteiger partial charge in [-0.2, -0.15) is 4.98 Å². The molecule has 20 heavy (non-hydrogen) atoms. The summed E-state index contributed by atoms with van der Waals surface area (Å²) in [6.45, 7) is 2.39. The van der Waals surface area contributed by atoms with Crippen molar-refractivity contribution < 1.29 is 14.6 Å². The highest BCUT2D eigenvalue weighted by molar-refractivity contribution is 5.77. The maximum atomic E-state index is 11.5. The fraction of sp³-hybridized carbons (Fsp3) is 0.643. The molecule has 6 heteroatoms. The number of aromatic nitrogens is 2. The van der Waals surface area contributed by atoms with Crippen LogP contribution >= 0.6 is 0 Å². The molecule has 0 spiro atoms. The Labute approximate surface area is 118 Å². The molecule has 1 heterocycles. The van der Waals surface area contributed by atoms with Crippen LogP contribution in [-0.2, 0) is 4.79 Å². The second-order valence-electron chi connectivity index (χ2n) is 5.01. The van der Waals surface area contributed by atoms with E-state index in [4.69, 9.17) is 4.74 Å². The van der Waals surface area contributed by atoms with Gasteiger partial charge in [-0.15, -0.1) is 0 Å². The standard InChI is InChI=1S/C14H21N3O3/c1-2-20-11-8-9-15-14(16-11)17-12(13(18)19)10-6-4-3-5-7-10/h8-10,12H,2-7H2,1H3,(H,18,19)(H,15,16,17). The molecule has 110 valence electrons. The van der Waals surface area contributed by atoms with Crippen molar-refractivity contribution in [3.63, 3.8) is 0 Å². The van der Waals surface area contributed by atoms with Crippen molar-refractivity contribution in [1.82, 2.24) is 9.97 Å². The second-order valence-corrected chi connectivity index (χ2v) is 5.01. The van der Waals surface area contributed by atoms with Crippen LogP contribution in [0.1, 0.15) is 39.0 Å². The Morgan fingerprint density at radius 1 is 1.50 bits per heavy atom. The molecule has 1 unspecified atom stereocenters. The van der Waals surface area contributed by atoms with Gasteiger partial charge in [0.05, 0.1) is 6.61 Å². The first-order chi connectivity index (χ1) is 9.70. The summed E-state index contributed by atoms with van der Waals surface area (Å²) in [5, 5.41) is 12.4. The number of hydrogen-bond acceptors (Lipinski definition) is 5. The summed E-state index contributed by atoms with van der Waals surface area (Å²) in [5.41, 5.74) is 0. The predicted octanol–water partition coefficient (Wildman–Crippen LogP) is 2.32. The van der Waals surface area contributed by atoms with Crippen molar-refractivity contribution in [3.8, 4) is 5.88 Å². The zero-order chi connectivity index (χ0) is 14.4. The van der Waals surface area contributed by atoms with Crippen LogP contribution in [0, 0.1) is 5.92 Å². The lowest BCUT2D eigenvalue weighted by Crippen LogP contribution is -2.38. The minimum Gasteiger partial charge on any atom is -0.480 e. The first kappa shape index (κ1) is 14.6. The van der Waals surface area contributed by atoms with E-state index in [0.29, 0.717) is 18.4 Å². The molecular formula is C14H21N3O3. The van der Waals surface area contributed by atoms with Crippen molar-refractivity contribution in [1.29, 1.82) is 0 Å². The number of carbonyl (C=O) groups is 1. The minimum atomic E-state index is -0.845. The third kappa shape index (κ3) is 3.82. The van der Waals surface area contributed by atoms with E-state index in [1.807, 2.05) is 6.92 Å². The Kier molecular flexibility index (Phi) is 5.15. The van der Waals surface area contributed by atoms with Crippen LogP contribution in [0.3, 0.4) is 0 Å². The number of nitrogens with one attached hydrogen (secondary N) is 1. The average molecular weight is 279 g/mol. The summed E-state index contributed by atoms with van der Waals surface area (Å²) in [6, 6.07) is 1.03. The van der Waals surface area contributed by atoms with Crippen LogP contribution in [-0.4, -0.2) is 33.7 Å². The molecular weight excluding hydrogens is 258 g/mol. The summed E-state index contributed by atoms with van der Waals surface area (Å²) < 4.78 is 5.30. The van der Waals surface area contributed by atoms with Crippen LogP contribution in [0.25, 0.3) is 0 Å². The van der Waals surface area contributed by atoms with E-state index in [1.165, 1.54) is 6.42 Å². The highest BCUT2D eigenvalue weighted by atomic mass is 16.5. The van der Waals surface area contributed by atoms with Gasteiger partial charge < -0.3 is 15.2 Å². The minimum absolute atomic E-state index is 0.139. The lowest BCUT2D eigenvalue weighted by atomic mass is 9.84. The van der Waals surface area contributed by atoms with E-state index in [-0.39, 0.29) is 5.92 Å². The van der Waals surface area contributed by atoms with Gasteiger partial charge in [0.15, 0.2) is 0 Å². The molecule has 2 N–H and O–H groups in total. The SMILES string of the molecule is CCOc1ccnc(NC(C(=O)O)C2CCCCC2)n1. The molecule has 1 aliphatic carbocycles. The van der Waals surface area contributed by atoms with Gasteiger partial charge in [-0.3, -0.25) is 0 Å². The van der Waals surface area contributed by atoms with Crippen molar-refractivity contribution >= 4 is 11.9 Å². The molecule has 0 aromatic carbocycles. The van der Waals surface area contributed by atoms with Gasteiger partial charge in [0, 0.05) is 12.3 Å². The summed E-state index contributed by atoms with van der Waals surface area (Å²) in [5.74, 6) is 0.0645. The number of carboxylic acid groups (broad SMARTS) is 1. The zero-order valence-corrected chi connectivity index (χ0v) is 11.7. The molecule has 0 saturated heterocycles. The van der Waals surface area contributed by atoms with E-state index in [9.17, 15) is 9.90 Å². The summed E-state index contributed by atoms with van der Waals surface area (Å²) in [6.07, 6.45) is 6.83. The number of rotatable bonds is 6. The molecule has 0 bridgehead atoms. The highest BCUT2D eigenvalue weighted by Gasteiger charge is 2.29. The summed E-state index contributed by atoms with van der Waals surface area (Å²) in [4.78, 5) is 19.7. The number of carboxylic acids is 1. The third-order valence-corrected chi connectivity index (χ3v) is 3.59. The van der Waals surface area contributed by atoms with Gasteiger partial charge >= 0.3 is 5.97 Å². The van der Waals surface area contributed by atoms with Gasteiger partial charge in [0.25, 0.3) is 0 Å². The highest BCUT2D eigenvalue weighted by Crippen LogP contribution is 2.28. The largest absolute Gasteiger partial charge is 0.480 e. The van der Waals surface area contributed by atoms with Crippen LogP contribution in [0.2, 0.25) is 0 Å². The topological polar surface area (TPSA) is 84.3 Å². The van der Waals surface area contributed by atoms with Gasteiger partial charge in [-0.1, -0.05) is 19.3 Å². The lowest BCUT2D eigenvalue weighted by molar-refractivity contribution is -0.139. The van der Waals surface area contributed by atoms with Crippen LogP contribution in [0.15, 0.2) is 12.3 Å². The van der Waals surface area contributed by atoms with Crippen molar-refractivity contribution in [2.45, 2.75) is 45.1 Å². The summed E-state index contributed by atoms with van der Waals surface area (Å²) in [7, 11) is 0. The quantitative estimate of drug-likeness (QED) is 0.831. The monoisotopic (exact) mass is 279 g/mol. The fourth-order valence-corrected chi connectivity index (χ4v) is 2.63. The molecule has 1 fully saturated rings. The van der Waals surface area contributed by atoms with E-state index < -0.39 is 12.0 Å². The molecule has 1 saturated carbocycles. The normalized spacial score (nSPS) is 17.4. The van der Waals surface area contributed by atoms with Crippen LogP contribution in [0.5, 0.6) is 5.88 Å². The Hall–Kier alpha value is -1.85. The number of ether oxygens (including phenoxy) is 1. The van der Waals surface area contributed by atoms with Crippen LogP contribution < -0.4 is 10.1 Å². The van der Waals surface area contributed by atoms with E-state index in [0.717, 1.165) is 25.7 Å². The van der Waals surface area contributed by atoms with Crippen molar-refractivity contribution in [2.75, 3.05) is 11.9 Å². The van der Waals surface area contributed by atoms with Gasteiger partial charge in [0.1, 0.15) is 6.04 Å². The number of anilines is 1. The van der Waals surface area contributed by atoms with E-state index in [2.05, 4.69) is 15.3 Å². The number of aliphatic carboxylic acids is 1. The number of hydrogen-bond donors (Lipinski definition) is 2. The van der Waals surface area contributed by atoms with Gasteiger partial charge in [-0.25, -0.2) is 9.78 Å². The first-order valence-electron chi connectivity index (χ1n) is 7.16. The first-order valence-corrected chi connectivity index (χ1v) is 7.16. The predicted molar refractivity (Wildman–Crippen MR) is 74.8 cm³/mol. The fourth-order valence-electron chi connectivity index (χ4n) is 2.63. The molecule has 1 aliphatic rings. The molecule has 0 amide bonds. The Balaban J connectivity index is 2.07.